The molecular formula is C16H11N3OS. The highest BCUT2D eigenvalue weighted by Gasteiger charge is 2.15. The zero-order valence-electron chi connectivity index (χ0n) is 10.9. The summed E-state index contributed by atoms with van der Waals surface area (Å²) in [6.45, 7) is 0. The van der Waals surface area contributed by atoms with Gasteiger partial charge in [0.05, 0.1) is 5.69 Å². The van der Waals surface area contributed by atoms with Gasteiger partial charge in [-0.25, -0.2) is 4.98 Å². The van der Waals surface area contributed by atoms with Crippen molar-refractivity contribution in [3.8, 4) is 33.5 Å². The van der Waals surface area contributed by atoms with E-state index in [1.54, 1.807) is 24.3 Å². The predicted octanol–water partition coefficient (Wildman–Crippen LogP) is 3.64. The number of thiophene rings is 1. The number of nitriles is 1. The Bertz CT molecular complexity index is 835. The first-order valence-electron chi connectivity index (χ1n) is 6.23. The molecule has 0 bridgehead atoms. The van der Waals surface area contributed by atoms with E-state index in [-0.39, 0.29) is 11.6 Å². The zero-order chi connectivity index (χ0) is 14.8. The van der Waals surface area contributed by atoms with Crippen LogP contribution in [0.2, 0.25) is 0 Å². The summed E-state index contributed by atoms with van der Waals surface area (Å²) in [4.78, 5) is 5.19. The molecule has 0 fully saturated rings. The van der Waals surface area contributed by atoms with Crippen molar-refractivity contribution >= 4 is 17.2 Å². The highest BCUT2D eigenvalue weighted by atomic mass is 32.1. The van der Waals surface area contributed by atoms with E-state index >= 15 is 0 Å². The number of aromatic nitrogens is 1. The third-order valence-electron chi connectivity index (χ3n) is 3.13. The monoisotopic (exact) mass is 293 g/mol. The fourth-order valence-electron chi connectivity index (χ4n) is 2.14. The lowest BCUT2D eigenvalue weighted by Crippen LogP contribution is -1.99. The van der Waals surface area contributed by atoms with Crippen LogP contribution in [0.5, 0.6) is 5.75 Å². The van der Waals surface area contributed by atoms with Crippen molar-refractivity contribution in [1.29, 1.82) is 5.26 Å². The van der Waals surface area contributed by atoms with Gasteiger partial charge in [0.1, 0.15) is 23.2 Å². The Hall–Kier alpha value is -2.84. The highest BCUT2D eigenvalue weighted by molar-refractivity contribution is 7.13. The number of aromatic hydroxyl groups is 1. The molecule has 3 aromatic rings. The van der Waals surface area contributed by atoms with Crippen LogP contribution in [0.25, 0.3) is 21.7 Å². The van der Waals surface area contributed by atoms with Gasteiger partial charge in [-0.1, -0.05) is 18.2 Å². The second kappa shape index (κ2) is 5.27. The number of rotatable bonds is 2. The average molecular weight is 293 g/mol. The molecule has 1 aromatic carbocycles. The van der Waals surface area contributed by atoms with Gasteiger partial charge in [0.15, 0.2) is 0 Å². The van der Waals surface area contributed by atoms with E-state index < -0.39 is 0 Å². The zero-order valence-corrected chi connectivity index (χ0v) is 11.8. The lowest BCUT2D eigenvalue weighted by molar-refractivity contribution is 0.477. The molecule has 0 aliphatic rings. The first kappa shape index (κ1) is 13.2. The van der Waals surface area contributed by atoms with Crippen LogP contribution in [0, 0.1) is 11.3 Å². The Morgan fingerprint density at radius 2 is 1.95 bits per heavy atom. The van der Waals surface area contributed by atoms with Crippen molar-refractivity contribution in [3.05, 3.63) is 53.4 Å². The molecule has 0 radical (unpaired) electrons. The minimum Gasteiger partial charge on any atom is -0.507 e. The quantitative estimate of drug-likeness (QED) is 0.755. The number of nitrogen functional groups attached to an aromatic ring is 1. The lowest BCUT2D eigenvalue weighted by atomic mass is 10.0. The maximum atomic E-state index is 9.96. The van der Waals surface area contributed by atoms with Crippen LogP contribution in [-0.2, 0) is 0 Å². The van der Waals surface area contributed by atoms with Crippen LogP contribution in [0.1, 0.15) is 5.56 Å². The highest BCUT2D eigenvalue weighted by Crippen LogP contribution is 2.35. The molecule has 0 spiro atoms. The Morgan fingerprint density at radius 3 is 2.62 bits per heavy atom. The summed E-state index contributed by atoms with van der Waals surface area (Å²) in [6, 6.07) is 14.6. The molecule has 0 aliphatic carbocycles. The van der Waals surface area contributed by atoms with Crippen LogP contribution in [0.4, 0.5) is 5.82 Å². The third kappa shape index (κ3) is 2.33. The minimum atomic E-state index is 0.131. The molecule has 21 heavy (non-hydrogen) atoms. The first-order valence-corrected chi connectivity index (χ1v) is 7.11. The summed E-state index contributed by atoms with van der Waals surface area (Å²) >= 11 is 1.53. The van der Waals surface area contributed by atoms with Crippen molar-refractivity contribution in [1.82, 2.24) is 4.98 Å². The van der Waals surface area contributed by atoms with Crippen molar-refractivity contribution in [2.75, 3.05) is 5.73 Å². The molecular weight excluding hydrogens is 282 g/mol. The van der Waals surface area contributed by atoms with Crippen LogP contribution < -0.4 is 5.73 Å². The Morgan fingerprint density at radius 1 is 1.14 bits per heavy atom. The standard InChI is InChI=1S/C16H11N3OS/c17-9-12-11(15-6-3-7-21-15)8-13(19-16(12)18)10-4-1-2-5-14(10)20/h1-8,20H,(H2,18,19). The molecule has 0 saturated carbocycles. The van der Waals surface area contributed by atoms with E-state index in [9.17, 15) is 10.4 Å². The van der Waals surface area contributed by atoms with Crippen molar-refractivity contribution < 1.29 is 5.11 Å². The van der Waals surface area contributed by atoms with E-state index in [0.29, 0.717) is 16.8 Å². The van der Waals surface area contributed by atoms with E-state index in [1.807, 2.05) is 23.6 Å². The summed E-state index contributed by atoms with van der Waals surface area (Å²) in [5, 5.41) is 21.2. The molecule has 0 atom stereocenters. The molecule has 2 heterocycles. The number of hydrogen-bond donors (Lipinski definition) is 2. The number of nitrogens with zero attached hydrogens (tertiary/aromatic N) is 2. The first-order chi connectivity index (χ1) is 10.2. The topological polar surface area (TPSA) is 82.9 Å². The van der Waals surface area contributed by atoms with Crippen molar-refractivity contribution in [2.24, 2.45) is 0 Å². The molecule has 0 amide bonds. The van der Waals surface area contributed by atoms with Crippen LogP contribution in [-0.4, -0.2) is 10.1 Å². The number of pyridine rings is 1. The summed E-state index contributed by atoms with van der Waals surface area (Å²) < 4.78 is 0. The molecule has 102 valence electrons. The number of hydrogen-bond acceptors (Lipinski definition) is 5. The van der Waals surface area contributed by atoms with Gasteiger partial charge in [-0.2, -0.15) is 5.26 Å². The summed E-state index contributed by atoms with van der Waals surface area (Å²) in [5.74, 6) is 0.299. The fraction of sp³-hybridized carbons (Fsp3) is 0. The Kier molecular flexibility index (Phi) is 3.30. The summed E-state index contributed by atoms with van der Waals surface area (Å²) in [6.07, 6.45) is 0. The van der Waals surface area contributed by atoms with Gasteiger partial charge >= 0.3 is 0 Å². The van der Waals surface area contributed by atoms with Gasteiger partial charge in [-0.05, 0) is 29.6 Å². The molecule has 2 aromatic heterocycles. The maximum Gasteiger partial charge on any atom is 0.142 e. The van der Waals surface area contributed by atoms with Crippen LogP contribution in [0.15, 0.2) is 47.8 Å². The van der Waals surface area contributed by atoms with Gasteiger partial charge in [0.2, 0.25) is 0 Å². The summed E-state index contributed by atoms with van der Waals surface area (Å²) in [5.41, 5.74) is 8.15. The second-order valence-corrected chi connectivity index (χ2v) is 5.37. The molecule has 0 aliphatic heterocycles. The van der Waals surface area contributed by atoms with E-state index in [0.717, 1.165) is 10.4 Å². The van der Waals surface area contributed by atoms with Gasteiger partial charge in [0.25, 0.3) is 0 Å². The number of phenolic OH excluding ortho intramolecular Hbond substituents is 1. The van der Waals surface area contributed by atoms with Gasteiger partial charge in [-0.3, -0.25) is 0 Å². The molecule has 3 rings (SSSR count). The molecule has 0 unspecified atom stereocenters. The van der Waals surface area contributed by atoms with Gasteiger partial charge < -0.3 is 10.8 Å². The Balaban J connectivity index is 2.26. The number of para-hydroxylation sites is 1. The number of benzene rings is 1. The van der Waals surface area contributed by atoms with Gasteiger partial charge in [0, 0.05) is 16.0 Å². The molecule has 3 N–H and O–H groups in total. The number of anilines is 1. The van der Waals surface area contributed by atoms with E-state index in [1.165, 1.54) is 11.3 Å². The largest absolute Gasteiger partial charge is 0.507 e. The smallest absolute Gasteiger partial charge is 0.142 e. The molecule has 0 saturated heterocycles. The lowest BCUT2D eigenvalue weighted by Gasteiger charge is -2.09. The second-order valence-electron chi connectivity index (χ2n) is 4.42. The van der Waals surface area contributed by atoms with Crippen LogP contribution in [0.3, 0.4) is 0 Å². The van der Waals surface area contributed by atoms with E-state index in [4.69, 9.17) is 5.73 Å². The van der Waals surface area contributed by atoms with Gasteiger partial charge in [-0.15, -0.1) is 11.3 Å². The van der Waals surface area contributed by atoms with Crippen molar-refractivity contribution in [3.63, 3.8) is 0 Å². The minimum absolute atomic E-state index is 0.131. The van der Waals surface area contributed by atoms with Crippen LogP contribution >= 0.6 is 11.3 Å². The average Bonchev–Trinajstić information content (AvgIpc) is 3.01. The normalized spacial score (nSPS) is 10.2. The summed E-state index contributed by atoms with van der Waals surface area (Å²) in [7, 11) is 0. The van der Waals surface area contributed by atoms with E-state index in [2.05, 4.69) is 11.1 Å². The molecule has 4 nitrogen and oxygen atoms in total. The third-order valence-corrected chi connectivity index (χ3v) is 4.03. The number of nitrogens with two attached hydrogens (primary N) is 1. The maximum absolute atomic E-state index is 9.96. The fourth-order valence-corrected chi connectivity index (χ4v) is 2.89. The molecule has 5 heteroatoms. The van der Waals surface area contributed by atoms with Crippen molar-refractivity contribution in [2.45, 2.75) is 0 Å². The SMILES string of the molecule is N#Cc1c(-c2cccs2)cc(-c2ccccc2O)nc1N. The predicted molar refractivity (Wildman–Crippen MR) is 83.8 cm³/mol. The number of phenols is 1. The Labute approximate surface area is 125 Å².